The molecule has 0 bridgehead atoms. The molecule has 84 valence electrons. The number of fused-ring (bicyclic) bond motifs is 1. The molecule has 1 aromatic carbocycles. The summed E-state index contributed by atoms with van der Waals surface area (Å²) in [6, 6.07) is 9.48. The van der Waals surface area contributed by atoms with Gasteiger partial charge < -0.3 is 9.88 Å². The van der Waals surface area contributed by atoms with Gasteiger partial charge in [-0.15, -0.1) is 0 Å². The fraction of sp³-hybridized carbons (Fsp3) is 0.385. The third-order valence-electron chi connectivity index (χ3n) is 3.25. The predicted octanol–water partition coefficient (Wildman–Crippen LogP) is 3.19. The van der Waals surface area contributed by atoms with Crippen LogP contribution in [0.1, 0.15) is 18.5 Å². The molecule has 16 heavy (non-hydrogen) atoms. The van der Waals surface area contributed by atoms with Crippen LogP contribution < -0.4 is 5.32 Å². The van der Waals surface area contributed by atoms with E-state index < -0.39 is 0 Å². The van der Waals surface area contributed by atoms with Gasteiger partial charge >= 0.3 is 0 Å². The van der Waals surface area contributed by atoms with Crippen LogP contribution in [0.25, 0.3) is 10.9 Å². The Labute approximate surface area is 104 Å². The van der Waals surface area contributed by atoms with Gasteiger partial charge in [0.05, 0.1) is 0 Å². The number of rotatable bonds is 3. The van der Waals surface area contributed by atoms with Crippen molar-refractivity contribution >= 4 is 26.8 Å². The standard InChI is InChI=1S/C13H15BrN2/c1-16-12(8-15-11-3-4-11)7-9-6-10(14)2-5-13(9)16/h2,5-7,11,15H,3-4,8H2,1H3. The maximum absolute atomic E-state index is 3.56. The number of nitrogens with zero attached hydrogens (tertiary/aromatic N) is 1. The summed E-state index contributed by atoms with van der Waals surface area (Å²) >= 11 is 3.51. The van der Waals surface area contributed by atoms with Crippen LogP contribution in [0.5, 0.6) is 0 Å². The Bertz CT molecular complexity index is 526. The summed E-state index contributed by atoms with van der Waals surface area (Å²) in [6.07, 6.45) is 2.69. The van der Waals surface area contributed by atoms with Gasteiger partial charge in [0.1, 0.15) is 0 Å². The highest BCUT2D eigenvalue weighted by molar-refractivity contribution is 9.10. The first-order valence-corrected chi connectivity index (χ1v) is 6.50. The molecule has 3 rings (SSSR count). The Morgan fingerprint density at radius 3 is 2.94 bits per heavy atom. The predicted molar refractivity (Wildman–Crippen MR) is 70.5 cm³/mol. The van der Waals surface area contributed by atoms with Crippen LogP contribution in [-0.4, -0.2) is 10.6 Å². The molecule has 0 atom stereocenters. The molecule has 1 saturated carbocycles. The first kappa shape index (κ1) is 10.4. The lowest BCUT2D eigenvalue weighted by molar-refractivity contribution is 0.655. The number of aryl methyl sites for hydroxylation is 1. The smallest absolute Gasteiger partial charge is 0.0481 e. The molecule has 2 aromatic rings. The highest BCUT2D eigenvalue weighted by atomic mass is 79.9. The summed E-state index contributed by atoms with van der Waals surface area (Å²) in [7, 11) is 2.14. The molecule has 1 heterocycles. The van der Waals surface area contributed by atoms with Crippen molar-refractivity contribution in [3.63, 3.8) is 0 Å². The van der Waals surface area contributed by atoms with Crippen LogP contribution in [0, 0.1) is 0 Å². The Balaban J connectivity index is 1.94. The maximum Gasteiger partial charge on any atom is 0.0481 e. The number of nitrogens with one attached hydrogen (secondary N) is 1. The Kier molecular flexibility index (Phi) is 2.52. The van der Waals surface area contributed by atoms with Crippen LogP contribution in [0.15, 0.2) is 28.7 Å². The first-order valence-electron chi connectivity index (χ1n) is 5.71. The summed E-state index contributed by atoms with van der Waals surface area (Å²) in [4.78, 5) is 0. The Morgan fingerprint density at radius 1 is 1.38 bits per heavy atom. The molecule has 0 radical (unpaired) electrons. The minimum atomic E-state index is 0.768. The Hall–Kier alpha value is -0.800. The number of halogens is 1. The summed E-state index contributed by atoms with van der Waals surface area (Å²) in [6.45, 7) is 0.980. The molecule has 1 aliphatic carbocycles. The molecule has 0 amide bonds. The van der Waals surface area contributed by atoms with Crippen molar-refractivity contribution in [1.29, 1.82) is 0 Å². The molecule has 2 nitrogen and oxygen atoms in total. The first-order chi connectivity index (χ1) is 7.74. The zero-order valence-electron chi connectivity index (χ0n) is 9.33. The monoisotopic (exact) mass is 278 g/mol. The van der Waals surface area contributed by atoms with Gasteiger partial charge in [-0.25, -0.2) is 0 Å². The summed E-state index contributed by atoms with van der Waals surface area (Å²) in [5, 5.41) is 4.87. The lowest BCUT2D eigenvalue weighted by Crippen LogP contribution is -2.17. The second-order valence-electron chi connectivity index (χ2n) is 4.55. The molecule has 0 unspecified atom stereocenters. The molecule has 1 aliphatic rings. The SMILES string of the molecule is Cn1c(CNC2CC2)cc2cc(Br)ccc21. The van der Waals surface area contributed by atoms with Gasteiger partial charge in [-0.05, 0) is 37.1 Å². The van der Waals surface area contributed by atoms with Crippen molar-refractivity contribution in [3.8, 4) is 0 Å². The van der Waals surface area contributed by atoms with Crippen LogP contribution >= 0.6 is 15.9 Å². The highest BCUT2D eigenvalue weighted by Gasteiger charge is 2.20. The van der Waals surface area contributed by atoms with E-state index in [1.54, 1.807) is 0 Å². The molecule has 0 spiro atoms. The molecule has 1 N–H and O–H groups in total. The molecule has 0 aliphatic heterocycles. The number of hydrogen-bond acceptors (Lipinski definition) is 1. The average Bonchev–Trinajstić information content (AvgIpc) is 3.03. The average molecular weight is 279 g/mol. The normalized spacial score (nSPS) is 15.9. The Morgan fingerprint density at radius 2 is 2.19 bits per heavy atom. The number of hydrogen-bond donors (Lipinski definition) is 1. The van der Waals surface area contributed by atoms with Gasteiger partial charge in [-0.2, -0.15) is 0 Å². The van der Waals surface area contributed by atoms with E-state index in [0.717, 1.165) is 17.1 Å². The van der Waals surface area contributed by atoms with E-state index in [2.05, 4.69) is 57.1 Å². The van der Waals surface area contributed by atoms with Gasteiger partial charge in [0.25, 0.3) is 0 Å². The van der Waals surface area contributed by atoms with Crippen LogP contribution in [0.3, 0.4) is 0 Å². The van der Waals surface area contributed by atoms with Crippen LogP contribution in [0.4, 0.5) is 0 Å². The topological polar surface area (TPSA) is 17.0 Å². The van der Waals surface area contributed by atoms with Crippen molar-refractivity contribution in [2.75, 3.05) is 0 Å². The van der Waals surface area contributed by atoms with E-state index in [0.29, 0.717) is 0 Å². The maximum atomic E-state index is 3.56. The zero-order chi connectivity index (χ0) is 11.1. The quantitative estimate of drug-likeness (QED) is 0.913. The fourth-order valence-electron chi connectivity index (χ4n) is 2.08. The van der Waals surface area contributed by atoms with E-state index >= 15 is 0 Å². The lowest BCUT2D eigenvalue weighted by Gasteiger charge is -2.05. The molecular weight excluding hydrogens is 264 g/mol. The van der Waals surface area contributed by atoms with E-state index in [4.69, 9.17) is 0 Å². The van der Waals surface area contributed by atoms with Gasteiger partial charge in [-0.1, -0.05) is 15.9 Å². The molecule has 1 aromatic heterocycles. The summed E-state index contributed by atoms with van der Waals surface area (Å²) < 4.78 is 3.42. The highest BCUT2D eigenvalue weighted by Crippen LogP contribution is 2.24. The second-order valence-corrected chi connectivity index (χ2v) is 5.47. The van der Waals surface area contributed by atoms with Gasteiger partial charge in [-0.3, -0.25) is 0 Å². The van der Waals surface area contributed by atoms with Crippen molar-refractivity contribution in [2.45, 2.75) is 25.4 Å². The summed E-state index contributed by atoms with van der Waals surface area (Å²) in [5.74, 6) is 0. The number of aromatic nitrogens is 1. The minimum Gasteiger partial charge on any atom is -0.346 e. The fourth-order valence-corrected chi connectivity index (χ4v) is 2.46. The van der Waals surface area contributed by atoms with E-state index in [1.807, 2.05) is 0 Å². The number of benzene rings is 1. The van der Waals surface area contributed by atoms with Gasteiger partial charge in [0, 0.05) is 40.7 Å². The summed E-state index contributed by atoms with van der Waals surface area (Å²) in [5.41, 5.74) is 2.66. The third-order valence-corrected chi connectivity index (χ3v) is 3.75. The van der Waals surface area contributed by atoms with E-state index in [9.17, 15) is 0 Å². The van der Waals surface area contributed by atoms with E-state index in [-0.39, 0.29) is 0 Å². The second kappa shape index (κ2) is 3.90. The van der Waals surface area contributed by atoms with Crippen molar-refractivity contribution in [3.05, 3.63) is 34.4 Å². The van der Waals surface area contributed by atoms with Crippen LogP contribution in [-0.2, 0) is 13.6 Å². The molecule has 3 heteroatoms. The van der Waals surface area contributed by atoms with Crippen molar-refractivity contribution in [2.24, 2.45) is 7.05 Å². The van der Waals surface area contributed by atoms with E-state index in [1.165, 1.54) is 29.4 Å². The van der Waals surface area contributed by atoms with Gasteiger partial charge in [0.15, 0.2) is 0 Å². The molecular formula is C13H15BrN2. The largest absolute Gasteiger partial charge is 0.346 e. The zero-order valence-corrected chi connectivity index (χ0v) is 10.9. The van der Waals surface area contributed by atoms with Crippen molar-refractivity contribution in [1.82, 2.24) is 9.88 Å². The molecule has 0 saturated heterocycles. The third kappa shape index (κ3) is 1.89. The lowest BCUT2D eigenvalue weighted by atomic mass is 10.2. The minimum absolute atomic E-state index is 0.768. The van der Waals surface area contributed by atoms with Crippen molar-refractivity contribution < 1.29 is 0 Å². The van der Waals surface area contributed by atoms with Gasteiger partial charge in [0.2, 0.25) is 0 Å². The van der Waals surface area contributed by atoms with Crippen LogP contribution in [0.2, 0.25) is 0 Å². The molecule has 1 fully saturated rings.